The van der Waals surface area contributed by atoms with Crippen molar-refractivity contribution < 1.29 is 19.8 Å². The number of ketones is 1. The largest absolute Gasteiger partial charge is 0.478 e. The number of aromatic carboxylic acids is 1. The second-order valence-corrected chi connectivity index (χ2v) is 6.60. The van der Waals surface area contributed by atoms with Gasteiger partial charge in [0.2, 0.25) is 0 Å². The minimum atomic E-state index is -1.13. The number of hydrogen-bond acceptors (Lipinski definition) is 4. The number of nitrogens with zero attached hydrogens (tertiary/aromatic N) is 1. The lowest BCUT2D eigenvalue weighted by Crippen LogP contribution is -2.38. The third-order valence-electron chi connectivity index (χ3n) is 5.03. The Morgan fingerprint density at radius 1 is 0.885 bits per heavy atom. The Kier molecular flexibility index (Phi) is 5.68. The van der Waals surface area contributed by atoms with E-state index in [1.165, 1.54) is 18.6 Å². The zero-order valence-corrected chi connectivity index (χ0v) is 14.6. The van der Waals surface area contributed by atoms with Gasteiger partial charge in [0.25, 0.3) is 0 Å². The maximum Gasteiger partial charge on any atom is 0.336 e. The van der Waals surface area contributed by atoms with Crippen LogP contribution in [0.25, 0.3) is 0 Å². The van der Waals surface area contributed by atoms with Crippen LogP contribution in [0.3, 0.4) is 0 Å². The van der Waals surface area contributed by atoms with Gasteiger partial charge >= 0.3 is 5.97 Å². The van der Waals surface area contributed by atoms with Gasteiger partial charge in [0.05, 0.1) is 5.56 Å². The van der Waals surface area contributed by atoms with Crippen molar-refractivity contribution in [2.24, 2.45) is 0 Å². The highest BCUT2D eigenvalue weighted by atomic mass is 16.4. The fraction of sp³-hybridized carbons (Fsp3) is 0.333. The molecule has 2 aromatic carbocycles. The number of benzene rings is 2. The zero-order chi connectivity index (χ0) is 18.5. The summed E-state index contributed by atoms with van der Waals surface area (Å²) in [6, 6.07) is 13.5. The molecule has 2 aromatic rings. The number of rotatable bonds is 6. The zero-order valence-electron chi connectivity index (χ0n) is 14.6. The molecule has 0 unspecified atom stereocenters. The quantitative estimate of drug-likeness (QED) is 0.611. The molecule has 0 radical (unpaired) electrons. The number of anilines is 1. The average Bonchev–Trinajstić information content (AvgIpc) is 2.69. The highest BCUT2D eigenvalue weighted by molar-refractivity contribution is 6.16. The van der Waals surface area contributed by atoms with E-state index in [0.717, 1.165) is 25.7 Å². The summed E-state index contributed by atoms with van der Waals surface area (Å²) >= 11 is 0. The number of aliphatic hydroxyl groups excluding tert-OH is 1. The molecule has 1 saturated carbocycles. The van der Waals surface area contributed by atoms with Crippen LogP contribution < -0.4 is 4.90 Å². The van der Waals surface area contributed by atoms with Gasteiger partial charge in [-0.1, -0.05) is 49.6 Å². The van der Waals surface area contributed by atoms with Crippen molar-refractivity contribution in [3.63, 3.8) is 0 Å². The highest BCUT2D eigenvalue weighted by Gasteiger charge is 2.26. The monoisotopic (exact) mass is 353 g/mol. The van der Waals surface area contributed by atoms with Crippen molar-refractivity contribution >= 4 is 17.4 Å². The van der Waals surface area contributed by atoms with Crippen molar-refractivity contribution in [2.45, 2.75) is 38.1 Å². The lowest BCUT2D eigenvalue weighted by molar-refractivity contribution is 0.0692. The molecule has 5 nitrogen and oxygen atoms in total. The minimum Gasteiger partial charge on any atom is -0.478 e. The van der Waals surface area contributed by atoms with Gasteiger partial charge in [-0.2, -0.15) is 0 Å². The Bertz CT molecular complexity index is 796. The minimum absolute atomic E-state index is 0.0134. The van der Waals surface area contributed by atoms with Crippen LogP contribution in [0.1, 0.15) is 58.4 Å². The van der Waals surface area contributed by atoms with Crippen molar-refractivity contribution in [3.05, 3.63) is 65.2 Å². The van der Waals surface area contributed by atoms with Gasteiger partial charge in [-0.25, -0.2) is 4.79 Å². The molecule has 26 heavy (non-hydrogen) atoms. The van der Waals surface area contributed by atoms with Crippen LogP contribution in [0.4, 0.5) is 5.69 Å². The number of carbonyl (C=O) groups excluding carboxylic acids is 1. The Labute approximate surface area is 152 Å². The number of carboxylic acid groups (broad SMARTS) is 1. The predicted molar refractivity (Wildman–Crippen MR) is 99.7 cm³/mol. The van der Waals surface area contributed by atoms with E-state index in [2.05, 4.69) is 0 Å². The molecule has 1 aliphatic rings. The molecule has 1 aliphatic carbocycles. The van der Waals surface area contributed by atoms with Gasteiger partial charge in [-0.05, 0) is 31.0 Å². The molecule has 0 aromatic heterocycles. The molecular weight excluding hydrogens is 330 g/mol. The first kappa shape index (κ1) is 18.1. The SMILES string of the molecule is O=C(O)c1ccccc1C(=O)c1ccccc1N(CO)C1CCCCC1. The second kappa shape index (κ2) is 8.15. The lowest BCUT2D eigenvalue weighted by atomic mass is 9.92. The van der Waals surface area contributed by atoms with E-state index in [1.54, 1.807) is 24.3 Å². The van der Waals surface area contributed by atoms with Crippen LogP contribution >= 0.6 is 0 Å². The Balaban J connectivity index is 2.01. The van der Waals surface area contributed by atoms with E-state index in [-0.39, 0.29) is 29.7 Å². The summed E-state index contributed by atoms with van der Waals surface area (Å²) in [6.45, 7) is -0.171. The highest BCUT2D eigenvalue weighted by Crippen LogP contribution is 2.31. The Morgan fingerprint density at radius 2 is 1.46 bits per heavy atom. The number of carbonyl (C=O) groups is 2. The van der Waals surface area contributed by atoms with E-state index >= 15 is 0 Å². The molecule has 5 heteroatoms. The number of carboxylic acids is 1. The van der Waals surface area contributed by atoms with Crippen LogP contribution in [-0.4, -0.2) is 34.7 Å². The first-order valence-electron chi connectivity index (χ1n) is 8.97. The summed E-state index contributed by atoms with van der Waals surface area (Å²) in [5, 5.41) is 19.4. The molecule has 2 N–H and O–H groups in total. The van der Waals surface area contributed by atoms with Crippen molar-refractivity contribution in [1.82, 2.24) is 0 Å². The fourth-order valence-corrected chi connectivity index (χ4v) is 3.71. The first-order chi connectivity index (χ1) is 12.6. The smallest absolute Gasteiger partial charge is 0.336 e. The summed E-state index contributed by atoms with van der Waals surface area (Å²) in [4.78, 5) is 26.5. The molecule has 136 valence electrons. The maximum absolute atomic E-state index is 13.1. The van der Waals surface area contributed by atoms with Crippen molar-refractivity contribution in [1.29, 1.82) is 0 Å². The van der Waals surface area contributed by atoms with Crippen LogP contribution in [0, 0.1) is 0 Å². The Morgan fingerprint density at radius 3 is 2.08 bits per heavy atom. The molecule has 1 fully saturated rings. The molecule has 0 heterocycles. The first-order valence-corrected chi connectivity index (χ1v) is 8.97. The normalized spacial score (nSPS) is 14.8. The predicted octanol–water partition coefficient (Wildman–Crippen LogP) is 3.70. The molecule has 0 bridgehead atoms. The van der Waals surface area contributed by atoms with Gasteiger partial charge in [0, 0.05) is 22.9 Å². The van der Waals surface area contributed by atoms with Gasteiger partial charge in [0.1, 0.15) is 6.73 Å². The van der Waals surface area contributed by atoms with Crippen LogP contribution in [0.15, 0.2) is 48.5 Å². The van der Waals surface area contributed by atoms with Crippen molar-refractivity contribution in [2.75, 3.05) is 11.6 Å². The molecule has 0 saturated heterocycles. The van der Waals surface area contributed by atoms with Crippen LogP contribution in [0.2, 0.25) is 0 Å². The fourth-order valence-electron chi connectivity index (χ4n) is 3.71. The van der Waals surface area contributed by atoms with Crippen LogP contribution in [0.5, 0.6) is 0 Å². The topological polar surface area (TPSA) is 77.8 Å². The van der Waals surface area contributed by atoms with Crippen LogP contribution in [-0.2, 0) is 0 Å². The lowest BCUT2D eigenvalue weighted by Gasteiger charge is -2.35. The number of hydrogen-bond donors (Lipinski definition) is 2. The summed E-state index contributed by atoms with van der Waals surface area (Å²) in [7, 11) is 0. The molecule has 0 amide bonds. The van der Waals surface area contributed by atoms with E-state index in [0.29, 0.717) is 11.3 Å². The van der Waals surface area contributed by atoms with E-state index in [1.807, 2.05) is 17.0 Å². The maximum atomic E-state index is 13.1. The second-order valence-electron chi connectivity index (χ2n) is 6.60. The molecule has 0 aliphatic heterocycles. The number of para-hydroxylation sites is 1. The van der Waals surface area contributed by atoms with E-state index < -0.39 is 5.97 Å². The summed E-state index contributed by atoms with van der Waals surface area (Å²) in [5.41, 5.74) is 1.22. The third-order valence-corrected chi connectivity index (χ3v) is 5.03. The third kappa shape index (κ3) is 3.63. The van der Waals surface area contributed by atoms with Gasteiger partial charge < -0.3 is 15.1 Å². The van der Waals surface area contributed by atoms with E-state index in [4.69, 9.17) is 0 Å². The molecule has 0 atom stereocenters. The summed E-state index contributed by atoms with van der Waals surface area (Å²) < 4.78 is 0. The summed E-state index contributed by atoms with van der Waals surface area (Å²) in [6.07, 6.45) is 5.38. The number of aliphatic hydroxyl groups is 1. The van der Waals surface area contributed by atoms with Gasteiger partial charge in [-0.15, -0.1) is 0 Å². The molecule has 3 rings (SSSR count). The molecule has 0 spiro atoms. The molecular formula is C21H23NO4. The van der Waals surface area contributed by atoms with Gasteiger partial charge in [0.15, 0.2) is 5.78 Å². The summed E-state index contributed by atoms with van der Waals surface area (Å²) in [5.74, 6) is -1.47. The van der Waals surface area contributed by atoms with Crippen molar-refractivity contribution in [3.8, 4) is 0 Å². The van der Waals surface area contributed by atoms with Gasteiger partial charge in [-0.3, -0.25) is 4.79 Å². The Hall–Kier alpha value is -2.66. The average molecular weight is 353 g/mol. The standard InChI is InChI=1S/C21H23NO4/c23-14-22(15-8-2-1-3-9-15)19-13-7-6-12-18(19)20(24)16-10-4-5-11-17(16)21(25)26/h4-7,10-13,15,23H,1-3,8-9,14H2,(H,25,26). The van der Waals surface area contributed by atoms with E-state index in [9.17, 15) is 19.8 Å².